The number of nitrogens with one attached hydrogen (secondary N) is 1. The van der Waals surface area contributed by atoms with Gasteiger partial charge in [-0.15, -0.1) is 0 Å². The summed E-state index contributed by atoms with van der Waals surface area (Å²) in [5, 5.41) is 0. The van der Waals surface area contributed by atoms with Crippen LogP contribution >= 0.6 is 15.9 Å². The van der Waals surface area contributed by atoms with E-state index in [9.17, 15) is 0 Å². The first-order valence-electron chi connectivity index (χ1n) is 5.38. The van der Waals surface area contributed by atoms with E-state index < -0.39 is 0 Å². The lowest BCUT2D eigenvalue weighted by atomic mass is 10.1. The standard InChI is InChI=1S/C12H19BrN2O/c1-8(2)16-7-12(15-14)10-4-5-11(13)9(3)6-10/h4-6,8,12,15H,7,14H2,1-3H3. The van der Waals surface area contributed by atoms with Crippen molar-refractivity contribution in [3.05, 3.63) is 33.8 Å². The molecule has 0 aliphatic carbocycles. The van der Waals surface area contributed by atoms with E-state index in [2.05, 4.69) is 34.3 Å². The maximum absolute atomic E-state index is 5.57. The van der Waals surface area contributed by atoms with Crippen LogP contribution in [0.5, 0.6) is 0 Å². The summed E-state index contributed by atoms with van der Waals surface area (Å²) < 4.78 is 6.67. The summed E-state index contributed by atoms with van der Waals surface area (Å²) in [5.74, 6) is 5.54. The largest absolute Gasteiger partial charge is 0.377 e. The van der Waals surface area contributed by atoms with Crippen LogP contribution in [0.3, 0.4) is 0 Å². The molecule has 90 valence electrons. The Morgan fingerprint density at radius 3 is 2.62 bits per heavy atom. The number of hydrazine groups is 1. The van der Waals surface area contributed by atoms with Crippen LogP contribution in [0, 0.1) is 6.92 Å². The van der Waals surface area contributed by atoms with Gasteiger partial charge in [0.05, 0.1) is 18.8 Å². The molecule has 0 radical (unpaired) electrons. The number of aryl methyl sites for hydroxylation is 1. The summed E-state index contributed by atoms with van der Waals surface area (Å²) in [6.07, 6.45) is 0.215. The van der Waals surface area contributed by atoms with Crippen LogP contribution in [-0.4, -0.2) is 12.7 Å². The Morgan fingerprint density at radius 1 is 1.44 bits per heavy atom. The summed E-state index contributed by atoms with van der Waals surface area (Å²) >= 11 is 3.48. The molecule has 0 aliphatic rings. The predicted octanol–water partition coefficient (Wildman–Crippen LogP) is 2.69. The second-order valence-electron chi connectivity index (χ2n) is 4.11. The van der Waals surface area contributed by atoms with E-state index in [1.165, 1.54) is 5.56 Å². The zero-order chi connectivity index (χ0) is 12.1. The molecule has 0 amide bonds. The number of benzene rings is 1. The second-order valence-corrected chi connectivity index (χ2v) is 4.96. The van der Waals surface area contributed by atoms with Crippen molar-refractivity contribution in [3.63, 3.8) is 0 Å². The van der Waals surface area contributed by atoms with Crippen molar-refractivity contribution in [1.82, 2.24) is 5.43 Å². The van der Waals surface area contributed by atoms with Gasteiger partial charge in [0.1, 0.15) is 0 Å². The van der Waals surface area contributed by atoms with Crippen LogP contribution in [0.4, 0.5) is 0 Å². The van der Waals surface area contributed by atoms with Crippen LogP contribution in [0.25, 0.3) is 0 Å². The molecule has 0 saturated carbocycles. The van der Waals surface area contributed by atoms with E-state index in [0.29, 0.717) is 6.61 Å². The van der Waals surface area contributed by atoms with Gasteiger partial charge >= 0.3 is 0 Å². The fourth-order valence-corrected chi connectivity index (χ4v) is 1.66. The Morgan fingerprint density at radius 2 is 2.12 bits per heavy atom. The van der Waals surface area contributed by atoms with Crippen molar-refractivity contribution in [3.8, 4) is 0 Å². The molecule has 16 heavy (non-hydrogen) atoms. The van der Waals surface area contributed by atoms with Crippen molar-refractivity contribution in [1.29, 1.82) is 0 Å². The Bertz CT molecular complexity index is 342. The van der Waals surface area contributed by atoms with Crippen LogP contribution in [0.2, 0.25) is 0 Å². The van der Waals surface area contributed by atoms with Gasteiger partial charge in [0.2, 0.25) is 0 Å². The topological polar surface area (TPSA) is 47.3 Å². The fourth-order valence-electron chi connectivity index (χ4n) is 1.41. The summed E-state index contributed by atoms with van der Waals surface area (Å²) in [4.78, 5) is 0. The number of hydrogen-bond donors (Lipinski definition) is 2. The third kappa shape index (κ3) is 3.87. The molecule has 0 heterocycles. The Hall–Kier alpha value is -0.420. The minimum atomic E-state index is 0.0363. The smallest absolute Gasteiger partial charge is 0.0694 e. The fraction of sp³-hybridized carbons (Fsp3) is 0.500. The maximum Gasteiger partial charge on any atom is 0.0694 e. The van der Waals surface area contributed by atoms with Gasteiger partial charge in [0, 0.05) is 4.47 Å². The molecule has 0 fully saturated rings. The molecule has 0 bridgehead atoms. The average Bonchev–Trinajstić information content (AvgIpc) is 2.23. The number of halogens is 1. The van der Waals surface area contributed by atoms with E-state index in [4.69, 9.17) is 10.6 Å². The van der Waals surface area contributed by atoms with Crippen LogP contribution in [0.15, 0.2) is 22.7 Å². The molecule has 3 N–H and O–H groups in total. The van der Waals surface area contributed by atoms with Crippen molar-refractivity contribution >= 4 is 15.9 Å². The number of nitrogens with two attached hydrogens (primary N) is 1. The maximum atomic E-state index is 5.57. The molecule has 0 aliphatic heterocycles. The van der Waals surface area contributed by atoms with Crippen molar-refractivity contribution in [2.24, 2.45) is 5.84 Å². The molecule has 0 saturated heterocycles. The zero-order valence-corrected chi connectivity index (χ0v) is 11.5. The summed E-state index contributed by atoms with van der Waals surface area (Å²) in [6.45, 7) is 6.67. The minimum absolute atomic E-state index is 0.0363. The van der Waals surface area contributed by atoms with Crippen LogP contribution < -0.4 is 11.3 Å². The van der Waals surface area contributed by atoms with Crippen molar-refractivity contribution < 1.29 is 4.74 Å². The van der Waals surface area contributed by atoms with E-state index in [0.717, 1.165) is 10.0 Å². The third-order valence-electron chi connectivity index (χ3n) is 2.38. The average molecular weight is 287 g/mol. The third-order valence-corrected chi connectivity index (χ3v) is 3.27. The van der Waals surface area contributed by atoms with Gasteiger partial charge in [-0.25, -0.2) is 0 Å². The highest BCUT2D eigenvalue weighted by atomic mass is 79.9. The lowest BCUT2D eigenvalue weighted by molar-refractivity contribution is 0.0611. The van der Waals surface area contributed by atoms with Crippen LogP contribution in [0.1, 0.15) is 31.0 Å². The monoisotopic (exact) mass is 286 g/mol. The van der Waals surface area contributed by atoms with Gasteiger partial charge in [-0.2, -0.15) is 0 Å². The van der Waals surface area contributed by atoms with Crippen molar-refractivity contribution in [2.45, 2.75) is 32.9 Å². The summed E-state index contributed by atoms with van der Waals surface area (Å²) in [7, 11) is 0. The highest BCUT2D eigenvalue weighted by Crippen LogP contribution is 2.21. The van der Waals surface area contributed by atoms with Crippen molar-refractivity contribution in [2.75, 3.05) is 6.61 Å². The molecule has 0 aromatic heterocycles. The van der Waals surface area contributed by atoms with E-state index in [1.807, 2.05) is 26.0 Å². The number of ether oxygens (including phenoxy) is 1. The highest BCUT2D eigenvalue weighted by Gasteiger charge is 2.11. The first kappa shape index (κ1) is 13.6. The molecule has 1 rings (SSSR count). The molecule has 4 heteroatoms. The summed E-state index contributed by atoms with van der Waals surface area (Å²) in [5.41, 5.74) is 5.12. The lowest BCUT2D eigenvalue weighted by Gasteiger charge is -2.18. The van der Waals surface area contributed by atoms with E-state index >= 15 is 0 Å². The number of hydrogen-bond acceptors (Lipinski definition) is 3. The molecular formula is C12H19BrN2O. The van der Waals surface area contributed by atoms with Gasteiger partial charge in [0.25, 0.3) is 0 Å². The van der Waals surface area contributed by atoms with E-state index in [-0.39, 0.29) is 12.1 Å². The molecule has 1 unspecified atom stereocenters. The predicted molar refractivity (Wildman–Crippen MR) is 70.0 cm³/mol. The normalized spacial score (nSPS) is 13.1. The minimum Gasteiger partial charge on any atom is -0.377 e. The van der Waals surface area contributed by atoms with Gasteiger partial charge in [-0.1, -0.05) is 28.1 Å². The molecule has 0 spiro atoms. The Labute approximate surface area is 105 Å². The lowest BCUT2D eigenvalue weighted by Crippen LogP contribution is -2.32. The van der Waals surface area contributed by atoms with Gasteiger partial charge in [-0.05, 0) is 38.0 Å². The Balaban J connectivity index is 2.74. The molecule has 1 aromatic carbocycles. The number of rotatable bonds is 5. The van der Waals surface area contributed by atoms with Gasteiger partial charge in [0.15, 0.2) is 0 Å². The Kier molecular flexibility index (Phi) is 5.41. The van der Waals surface area contributed by atoms with Gasteiger partial charge in [-0.3, -0.25) is 11.3 Å². The molecule has 1 atom stereocenters. The zero-order valence-electron chi connectivity index (χ0n) is 9.96. The molecule has 3 nitrogen and oxygen atoms in total. The van der Waals surface area contributed by atoms with Gasteiger partial charge < -0.3 is 4.74 Å². The first-order chi connectivity index (χ1) is 7.54. The quantitative estimate of drug-likeness (QED) is 0.646. The van der Waals surface area contributed by atoms with E-state index in [1.54, 1.807) is 0 Å². The molecule has 1 aromatic rings. The first-order valence-corrected chi connectivity index (χ1v) is 6.17. The summed E-state index contributed by atoms with van der Waals surface area (Å²) in [6, 6.07) is 6.22. The SMILES string of the molecule is Cc1cc(C(COC(C)C)NN)ccc1Br. The second kappa shape index (κ2) is 6.35. The molecular weight excluding hydrogens is 268 g/mol. The van der Waals surface area contributed by atoms with Crippen LogP contribution in [-0.2, 0) is 4.74 Å². The highest BCUT2D eigenvalue weighted by molar-refractivity contribution is 9.10.